The van der Waals surface area contributed by atoms with Crippen molar-refractivity contribution in [2.24, 2.45) is 0 Å². The molecule has 1 aromatic rings. The Morgan fingerprint density at radius 3 is 2.60 bits per heavy atom. The highest BCUT2D eigenvalue weighted by Crippen LogP contribution is 2.27. The molecule has 0 aliphatic rings. The van der Waals surface area contributed by atoms with Gasteiger partial charge in [0.25, 0.3) is 5.91 Å². The Hall–Kier alpha value is -1.96. The first-order valence-corrected chi connectivity index (χ1v) is 5.69. The van der Waals surface area contributed by atoms with Crippen LogP contribution in [0, 0.1) is 0 Å². The molecule has 0 saturated heterocycles. The fourth-order valence-electron chi connectivity index (χ4n) is 1.69. The molecule has 3 N–H and O–H groups in total. The van der Waals surface area contributed by atoms with Gasteiger partial charge in [0.1, 0.15) is 17.9 Å². The van der Waals surface area contributed by atoms with Gasteiger partial charge in [-0.3, -0.25) is 4.79 Å². The molecule has 0 bridgehead atoms. The van der Waals surface area contributed by atoms with Crippen molar-refractivity contribution in [3.05, 3.63) is 23.8 Å². The monoisotopic (exact) mass is 292 g/mol. The van der Waals surface area contributed by atoms with Gasteiger partial charge in [-0.25, -0.2) is 0 Å². The van der Waals surface area contributed by atoms with Gasteiger partial charge in [-0.2, -0.15) is 13.2 Å². The van der Waals surface area contributed by atoms with Crippen molar-refractivity contribution in [3.63, 3.8) is 0 Å². The van der Waals surface area contributed by atoms with Crippen molar-refractivity contribution in [2.45, 2.75) is 6.18 Å². The summed E-state index contributed by atoms with van der Waals surface area (Å²) in [5.41, 5.74) is 5.49. The van der Waals surface area contributed by atoms with Crippen LogP contribution in [0.3, 0.4) is 0 Å². The molecular weight excluding hydrogens is 277 g/mol. The van der Waals surface area contributed by atoms with Crippen LogP contribution in [0.4, 0.5) is 18.9 Å². The molecule has 0 spiro atoms. The zero-order valence-electron chi connectivity index (χ0n) is 10.8. The highest BCUT2D eigenvalue weighted by molar-refractivity contribution is 6.01. The Kier molecular flexibility index (Phi) is 5.20. The third kappa shape index (κ3) is 4.02. The van der Waals surface area contributed by atoms with Gasteiger partial charge in [0.15, 0.2) is 0 Å². The maximum absolute atomic E-state index is 12.5. The Labute approximate surface area is 113 Å². The van der Waals surface area contributed by atoms with E-state index in [2.05, 4.69) is 0 Å². The summed E-state index contributed by atoms with van der Waals surface area (Å²) < 4.78 is 42.3. The maximum Gasteiger partial charge on any atom is 0.406 e. The Morgan fingerprint density at radius 2 is 2.10 bits per heavy atom. The summed E-state index contributed by atoms with van der Waals surface area (Å²) in [6.07, 6.45) is -4.57. The van der Waals surface area contributed by atoms with Crippen molar-refractivity contribution < 1.29 is 27.8 Å². The molecule has 8 heteroatoms. The van der Waals surface area contributed by atoms with E-state index in [1.165, 1.54) is 25.3 Å². The number of amides is 1. The second-order valence-corrected chi connectivity index (χ2v) is 3.99. The lowest BCUT2D eigenvalue weighted by atomic mass is 10.1. The number of aliphatic hydroxyl groups excluding tert-OH is 1. The normalized spacial score (nSPS) is 11.2. The van der Waals surface area contributed by atoms with E-state index in [1.54, 1.807) is 0 Å². The molecule has 1 rings (SSSR count). The van der Waals surface area contributed by atoms with Gasteiger partial charge in [-0.1, -0.05) is 6.07 Å². The SMILES string of the molecule is COc1cccc(N)c1C(=O)N(CCO)CC(F)(F)F. The zero-order chi connectivity index (χ0) is 15.3. The number of nitrogens with zero attached hydrogens (tertiary/aromatic N) is 1. The van der Waals surface area contributed by atoms with E-state index in [0.717, 1.165) is 0 Å². The topological polar surface area (TPSA) is 75.8 Å². The molecule has 0 aliphatic heterocycles. The number of methoxy groups -OCH3 is 1. The fourth-order valence-corrected chi connectivity index (χ4v) is 1.69. The van der Waals surface area contributed by atoms with Gasteiger partial charge in [0.05, 0.1) is 13.7 Å². The van der Waals surface area contributed by atoms with E-state index in [-0.39, 0.29) is 17.0 Å². The van der Waals surface area contributed by atoms with Crippen molar-refractivity contribution in [1.82, 2.24) is 4.90 Å². The number of aliphatic hydroxyl groups is 1. The van der Waals surface area contributed by atoms with E-state index in [1.807, 2.05) is 0 Å². The van der Waals surface area contributed by atoms with Crippen LogP contribution in [-0.2, 0) is 0 Å². The van der Waals surface area contributed by atoms with E-state index in [9.17, 15) is 18.0 Å². The van der Waals surface area contributed by atoms with Gasteiger partial charge < -0.3 is 20.5 Å². The van der Waals surface area contributed by atoms with Crippen molar-refractivity contribution in [1.29, 1.82) is 0 Å². The minimum absolute atomic E-state index is 0.0134. The van der Waals surface area contributed by atoms with Crippen LogP contribution in [0.15, 0.2) is 18.2 Å². The average molecular weight is 292 g/mol. The largest absolute Gasteiger partial charge is 0.496 e. The van der Waals surface area contributed by atoms with Crippen LogP contribution in [0.25, 0.3) is 0 Å². The maximum atomic E-state index is 12.5. The molecule has 1 aromatic carbocycles. The number of hydrogen-bond donors (Lipinski definition) is 2. The first kappa shape index (κ1) is 16.1. The number of carbonyl (C=O) groups excluding carboxylic acids is 1. The summed E-state index contributed by atoms with van der Waals surface area (Å²) in [6, 6.07) is 4.33. The number of hydrogen-bond acceptors (Lipinski definition) is 4. The summed E-state index contributed by atoms with van der Waals surface area (Å²) >= 11 is 0. The molecule has 0 heterocycles. The van der Waals surface area contributed by atoms with Crippen LogP contribution in [0.1, 0.15) is 10.4 Å². The zero-order valence-corrected chi connectivity index (χ0v) is 10.8. The summed E-state index contributed by atoms with van der Waals surface area (Å²) in [6.45, 7) is -2.50. The van der Waals surface area contributed by atoms with Gasteiger partial charge >= 0.3 is 6.18 Å². The molecule has 0 unspecified atom stereocenters. The number of alkyl halides is 3. The summed E-state index contributed by atoms with van der Waals surface area (Å²) in [5.74, 6) is -0.855. The number of rotatable bonds is 5. The molecule has 5 nitrogen and oxygen atoms in total. The Bertz CT molecular complexity index is 478. The van der Waals surface area contributed by atoms with Gasteiger partial charge in [0.2, 0.25) is 0 Å². The van der Waals surface area contributed by atoms with E-state index >= 15 is 0 Å². The van der Waals surface area contributed by atoms with Crippen molar-refractivity contribution in [2.75, 3.05) is 32.5 Å². The quantitative estimate of drug-likeness (QED) is 0.801. The molecule has 0 saturated carbocycles. The van der Waals surface area contributed by atoms with E-state index < -0.39 is 31.8 Å². The minimum Gasteiger partial charge on any atom is -0.496 e. The number of carbonyl (C=O) groups is 1. The first-order valence-electron chi connectivity index (χ1n) is 5.69. The van der Waals surface area contributed by atoms with Crippen LogP contribution in [0.5, 0.6) is 5.75 Å². The Balaban J connectivity index is 3.12. The number of nitrogen functional groups attached to an aromatic ring is 1. The van der Waals surface area contributed by atoms with Crippen LogP contribution < -0.4 is 10.5 Å². The number of halogens is 3. The molecule has 1 amide bonds. The van der Waals surface area contributed by atoms with Gasteiger partial charge in [-0.15, -0.1) is 0 Å². The van der Waals surface area contributed by atoms with Gasteiger partial charge in [-0.05, 0) is 12.1 Å². The number of anilines is 1. The highest BCUT2D eigenvalue weighted by Gasteiger charge is 2.34. The molecule has 0 aliphatic carbocycles. The Morgan fingerprint density at radius 1 is 1.45 bits per heavy atom. The van der Waals surface area contributed by atoms with Crippen LogP contribution >= 0.6 is 0 Å². The fraction of sp³-hybridized carbons (Fsp3) is 0.417. The van der Waals surface area contributed by atoms with E-state index in [4.69, 9.17) is 15.6 Å². The minimum atomic E-state index is -4.57. The summed E-state index contributed by atoms with van der Waals surface area (Å²) in [7, 11) is 1.28. The molecule has 0 aromatic heterocycles. The molecule has 0 atom stereocenters. The molecule has 112 valence electrons. The number of nitrogens with two attached hydrogens (primary N) is 1. The lowest BCUT2D eigenvalue weighted by molar-refractivity contribution is -0.141. The van der Waals surface area contributed by atoms with Crippen molar-refractivity contribution >= 4 is 11.6 Å². The first-order chi connectivity index (χ1) is 9.30. The molecule has 0 fully saturated rings. The predicted octanol–water partition coefficient (Wildman–Crippen LogP) is 1.27. The molecule has 20 heavy (non-hydrogen) atoms. The highest BCUT2D eigenvalue weighted by atomic mass is 19.4. The molecule has 0 radical (unpaired) electrons. The standard InChI is InChI=1S/C12H15F3N2O3/c1-20-9-4-2-3-8(16)10(9)11(19)17(5-6-18)7-12(13,14)15/h2-4,18H,5-7,16H2,1H3. The predicted molar refractivity (Wildman–Crippen MR) is 66.5 cm³/mol. The third-order valence-corrected chi connectivity index (χ3v) is 2.52. The summed E-state index contributed by atoms with van der Waals surface area (Å²) in [4.78, 5) is 12.6. The second-order valence-electron chi connectivity index (χ2n) is 3.99. The van der Waals surface area contributed by atoms with Gasteiger partial charge in [0, 0.05) is 12.2 Å². The second kappa shape index (κ2) is 6.47. The smallest absolute Gasteiger partial charge is 0.406 e. The third-order valence-electron chi connectivity index (χ3n) is 2.52. The average Bonchev–Trinajstić information content (AvgIpc) is 2.35. The number of ether oxygens (including phenoxy) is 1. The lowest BCUT2D eigenvalue weighted by Crippen LogP contribution is -2.41. The van der Waals surface area contributed by atoms with Crippen LogP contribution in [-0.4, -0.2) is 48.9 Å². The number of benzene rings is 1. The molecular formula is C12H15F3N2O3. The summed E-state index contributed by atoms with van der Waals surface area (Å²) in [5, 5.41) is 8.80. The lowest BCUT2D eigenvalue weighted by Gasteiger charge is -2.24. The van der Waals surface area contributed by atoms with E-state index in [0.29, 0.717) is 4.90 Å². The van der Waals surface area contributed by atoms with Crippen molar-refractivity contribution in [3.8, 4) is 5.75 Å². The van der Waals surface area contributed by atoms with Crippen LogP contribution in [0.2, 0.25) is 0 Å².